The van der Waals surface area contributed by atoms with Crippen molar-refractivity contribution in [2.75, 3.05) is 0 Å². The number of aliphatic carboxylic acids is 1. The molecule has 0 aromatic carbocycles. The molecule has 1 atom stereocenters. The smallest absolute Gasteiger partial charge is 0.312 e. The van der Waals surface area contributed by atoms with Gasteiger partial charge in [-0.25, -0.2) is 4.79 Å². The first-order valence-electron chi connectivity index (χ1n) is 5.34. The SMILES string of the molecule is CCCCCCC(CC(=O)O)NC(N)=O. The fourth-order valence-electron chi connectivity index (χ4n) is 1.45. The summed E-state index contributed by atoms with van der Waals surface area (Å²) in [6.45, 7) is 2.11. The Labute approximate surface area is 90.0 Å². The van der Waals surface area contributed by atoms with Gasteiger partial charge in [0.25, 0.3) is 0 Å². The van der Waals surface area contributed by atoms with Crippen LogP contribution in [0, 0.1) is 0 Å². The van der Waals surface area contributed by atoms with Gasteiger partial charge in [0.1, 0.15) is 0 Å². The molecule has 0 aliphatic heterocycles. The number of amides is 2. The number of hydrogen-bond donors (Lipinski definition) is 3. The first kappa shape index (κ1) is 13.7. The largest absolute Gasteiger partial charge is 0.481 e. The first-order chi connectivity index (χ1) is 7.06. The van der Waals surface area contributed by atoms with Crippen LogP contribution >= 0.6 is 0 Å². The molecule has 5 heteroatoms. The second-order valence-corrected chi connectivity index (χ2v) is 3.65. The number of nitrogens with one attached hydrogen (secondary N) is 1. The van der Waals surface area contributed by atoms with Gasteiger partial charge in [-0.1, -0.05) is 32.6 Å². The number of urea groups is 1. The average molecular weight is 216 g/mol. The molecule has 4 N–H and O–H groups in total. The Kier molecular flexibility index (Phi) is 7.40. The molecule has 1 unspecified atom stereocenters. The third kappa shape index (κ3) is 9.05. The zero-order valence-corrected chi connectivity index (χ0v) is 9.16. The van der Waals surface area contributed by atoms with E-state index >= 15 is 0 Å². The molecule has 0 rings (SSSR count). The van der Waals surface area contributed by atoms with Crippen molar-refractivity contribution in [2.45, 2.75) is 51.5 Å². The monoisotopic (exact) mass is 216 g/mol. The summed E-state index contributed by atoms with van der Waals surface area (Å²) in [4.78, 5) is 21.1. The van der Waals surface area contributed by atoms with E-state index < -0.39 is 12.0 Å². The van der Waals surface area contributed by atoms with E-state index in [2.05, 4.69) is 12.2 Å². The van der Waals surface area contributed by atoms with Gasteiger partial charge in [0, 0.05) is 6.04 Å². The van der Waals surface area contributed by atoms with Crippen LogP contribution in [-0.2, 0) is 4.79 Å². The van der Waals surface area contributed by atoms with Crippen molar-refractivity contribution in [2.24, 2.45) is 5.73 Å². The van der Waals surface area contributed by atoms with Crippen LogP contribution in [0.5, 0.6) is 0 Å². The number of nitrogens with two attached hydrogens (primary N) is 1. The predicted octanol–water partition coefficient (Wildman–Crippen LogP) is 1.47. The minimum absolute atomic E-state index is 0.0605. The number of unbranched alkanes of at least 4 members (excludes halogenated alkanes) is 3. The second kappa shape index (κ2) is 8.08. The summed E-state index contributed by atoms with van der Waals surface area (Å²) >= 11 is 0. The lowest BCUT2D eigenvalue weighted by atomic mass is 10.0. The van der Waals surface area contributed by atoms with Gasteiger partial charge >= 0.3 is 12.0 Å². The average Bonchev–Trinajstić information content (AvgIpc) is 2.10. The number of hydrogen-bond acceptors (Lipinski definition) is 2. The fourth-order valence-corrected chi connectivity index (χ4v) is 1.45. The zero-order valence-electron chi connectivity index (χ0n) is 9.16. The van der Waals surface area contributed by atoms with E-state index in [1.807, 2.05) is 0 Å². The van der Waals surface area contributed by atoms with Crippen molar-refractivity contribution >= 4 is 12.0 Å². The van der Waals surface area contributed by atoms with Crippen LogP contribution in [0.2, 0.25) is 0 Å². The van der Waals surface area contributed by atoms with Gasteiger partial charge < -0.3 is 16.2 Å². The van der Waals surface area contributed by atoms with Crippen molar-refractivity contribution in [1.82, 2.24) is 5.32 Å². The van der Waals surface area contributed by atoms with E-state index in [1.54, 1.807) is 0 Å². The maximum Gasteiger partial charge on any atom is 0.312 e. The predicted molar refractivity (Wildman–Crippen MR) is 57.5 cm³/mol. The van der Waals surface area contributed by atoms with Gasteiger partial charge in [0.05, 0.1) is 6.42 Å². The Hall–Kier alpha value is -1.26. The molecule has 15 heavy (non-hydrogen) atoms. The lowest BCUT2D eigenvalue weighted by Gasteiger charge is -2.14. The molecule has 88 valence electrons. The highest BCUT2D eigenvalue weighted by molar-refractivity contribution is 5.73. The van der Waals surface area contributed by atoms with Crippen molar-refractivity contribution in [3.05, 3.63) is 0 Å². The van der Waals surface area contributed by atoms with Gasteiger partial charge in [-0.05, 0) is 6.42 Å². The summed E-state index contributed by atoms with van der Waals surface area (Å²) in [7, 11) is 0. The molecule has 0 fully saturated rings. The molecule has 2 amide bonds. The zero-order chi connectivity index (χ0) is 11.7. The Morgan fingerprint density at radius 2 is 2.00 bits per heavy atom. The Morgan fingerprint density at radius 3 is 2.47 bits per heavy atom. The second-order valence-electron chi connectivity index (χ2n) is 3.65. The number of carboxylic acids is 1. The quantitative estimate of drug-likeness (QED) is 0.536. The van der Waals surface area contributed by atoms with E-state index in [0.29, 0.717) is 6.42 Å². The third-order valence-corrected chi connectivity index (χ3v) is 2.17. The van der Waals surface area contributed by atoms with Gasteiger partial charge in [-0.2, -0.15) is 0 Å². The minimum Gasteiger partial charge on any atom is -0.481 e. The van der Waals surface area contributed by atoms with Gasteiger partial charge in [-0.3, -0.25) is 4.79 Å². The Morgan fingerprint density at radius 1 is 1.33 bits per heavy atom. The summed E-state index contributed by atoms with van der Waals surface area (Å²) in [5, 5.41) is 11.1. The van der Waals surface area contributed by atoms with E-state index in [4.69, 9.17) is 10.8 Å². The fraction of sp³-hybridized carbons (Fsp3) is 0.800. The van der Waals surface area contributed by atoms with Crippen molar-refractivity contribution in [3.8, 4) is 0 Å². The molecule has 0 spiro atoms. The standard InChI is InChI=1S/C10H20N2O3/c1-2-3-4-5-6-8(7-9(13)14)12-10(11)15/h8H,2-7H2,1H3,(H,13,14)(H3,11,12,15). The summed E-state index contributed by atoms with van der Waals surface area (Å²) in [6, 6.07) is -0.992. The molecular weight excluding hydrogens is 196 g/mol. The van der Waals surface area contributed by atoms with E-state index in [9.17, 15) is 9.59 Å². The van der Waals surface area contributed by atoms with Crippen molar-refractivity contribution in [1.29, 1.82) is 0 Å². The molecule has 0 saturated heterocycles. The molecule has 0 bridgehead atoms. The van der Waals surface area contributed by atoms with E-state index in [0.717, 1.165) is 25.7 Å². The molecular formula is C10H20N2O3. The van der Waals surface area contributed by atoms with Crippen LogP contribution in [0.3, 0.4) is 0 Å². The summed E-state index contributed by atoms with van der Waals surface area (Å²) in [5.74, 6) is -0.913. The number of carbonyl (C=O) groups excluding carboxylic acids is 1. The van der Waals surface area contributed by atoms with Gasteiger partial charge in [0.15, 0.2) is 0 Å². The van der Waals surface area contributed by atoms with E-state index in [1.165, 1.54) is 0 Å². The van der Waals surface area contributed by atoms with Gasteiger partial charge in [-0.15, -0.1) is 0 Å². The maximum absolute atomic E-state index is 10.6. The Balaban J connectivity index is 3.79. The summed E-state index contributed by atoms with van der Waals surface area (Å²) in [6.07, 6.45) is 4.87. The molecule has 0 aliphatic rings. The number of carbonyl (C=O) groups is 2. The molecule has 0 aromatic heterocycles. The molecule has 0 heterocycles. The van der Waals surface area contributed by atoms with Crippen LogP contribution < -0.4 is 11.1 Å². The summed E-state index contributed by atoms with van der Waals surface area (Å²) in [5.41, 5.74) is 4.96. The van der Waals surface area contributed by atoms with Gasteiger partial charge in [0.2, 0.25) is 0 Å². The molecule has 5 nitrogen and oxygen atoms in total. The lowest BCUT2D eigenvalue weighted by molar-refractivity contribution is -0.137. The lowest BCUT2D eigenvalue weighted by Crippen LogP contribution is -2.39. The summed E-state index contributed by atoms with van der Waals surface area (Å²) < 4.78 is 0. The van der Waals surface area contributed by atoms with Crippen LogP contribution in [0.25, 0.3) is 0 Å². The minimum atomic E-state index is -0.913. The molecule has 0 radical (unpaired) electrons. The normalized spacial score (nSPS) is 12.1. The first-order valence-corrected chi connectivity index (χ1v) is 5.34. The van der Waals surface area contributed by atoms with Crippen molar-refractivity contribution in [3.63, 3.8) is 0 Å². The Bertz CT molecular complexity index is 191. The number of carboxylic acid groups (broad SMARTS) is 1. The van der Waals surface area contributed by atoms with Crippen molar-refractivity contribution < 1.29 is 14.7 Å². The van der Waals surface area contributed by atoms with E-state index in [-0.39, 0.29) is 12.5 Å². The highest BCUT2D eigenvalue weighted by atomic mass is 16.4. The molecule has 0 saturated carbocycles. The molecule has 0 aromatic rings. The maximum atomic E-state index is 10.6. The molecule has 0 aliphatic carbocycles. The van der Waals surface area contributed by atoms with Crippen LogP contribution in [0.1, 0.15) is 45.4 Å². The third-order valence-electron chi connectivity index (χ3n) is 2.17. The number of primary amides is 1. The topological polar surface area (TPSA) is 92.4 Å². The van der Waals surface area contributed by atoms with Crippen LogP contribution in [0.4, 0.5) is 4.79 Å². The number of rotatable bonds is 8. The van der Waals surface area contributed by atoms with Crippen LogP contribution in [0.15, 0.2) is 0 Å². The highest BCUT2D eigenvalue weighted by Crippen LogP contribution is 2.08. The highest BCUT2D eigenvalue weighted by Gasteiger charge is 2.13. The van der Waals surface area contributed by atoms with Crippen LogP contribution in [-0.4, -0.2) is 23.1 Å².